The van der Waals surface area contributed by atoms with Gasteiger partial charge in [-0.15, -0.1) is 11.3 Å². The second-order valence-corrected chi connectivity index (χ2v) is 11.9. The van der Waals surface area contributed by atoms with E-state index in [1.807, 2.05) is 44.4 Å². The molecule has 0 N–H and O–H groups in total. The predicted molar refractivity (Wildman–Crippen MR) is 177 cm³/mol. The van der Waals surface area contributed by atoms with E-state index >= 15 is 0 Å². The zero-order valence-electron chi connectivity index (χ0n) is 25.7. The first-order valence-electron chi connectivity index (χ1n) is 14.8. The maximum Gasteiger partial charge on any atom is 0.186 e. The number of rotatable bonds is 14. The average Bonchev–Trinajstić information content (AvgIpc) is 3.50. The second-order valence-electron chi connectivity index (χ2n) is 11.1. The number of ether oxygens (including phenoxy) is 3. The lowest BCUT2D eigenvalue weighted by molar-refractivity contribution is 0.0873. The highest BCUT2D eigenvalue weighted by Gasteiger charge is 2.16. The molecule has 1 fully saturated rings. The van der Waals surface area contributed by atoms with Gasteiger partial charge in [-0.25, -0.2) is 4.98 Å². The van der Waals surface area contributed by atoms with Crippen molar-refractivity contribution in [1.29, 1.82) is 0 Å². The zero-order valence-corrected chi connectivity index (χ0v) is 26.6. The Labute approximate surface area is 260 Å². The molecule has 1 saturated heterocycles. The molecule has 2 heterocycles. The summed E-state index contributed by atoms with van der Waals surface area (Å²) in [5.74, 6) is 1.70. The number of anilines is 3. The summed E-state index contributed by atoms with van der Waals surface area (Å²) in [6.07, 6.45) is 0. The van der Waals surface area contributed by atoms with E-state index in [9.17, 15) is 0 Å². The number of aromatic nitrogens is 1. The van der Waals surface area contributed by atoms with E-state index in [0.29, 0.717) is 19.8 Å². The van der Waals surface area contributed by atoms with Crippen LogP contribution in [0.5, 0.6) is 11.5 Å². The van der Waals surface area contributed by atoms with Crippen molar-refractivity contribution in [2.45, 2.75) is 19.7 Å². The van der Waals surface area contributed by atoms with Gasteiger partial charge in [0, 0.05) is 76.2 Å². The summed E-state index contributed by atoms with van der Waals surface area (Å²) < 4.78 is 17.3. The van der Waals surface area contributed by atoms with Crippen molar-refractivity contribution < 1.29 is 14.2 Å². The Bertz CT molecular complexity index is 1420. The number of benzene rings is 3. The highest BCUT2D eigenvalue weighted by molar-refractivity contribution is 7.13. The minimum Gasteiger partial charge on any atom is -0.497 e. The summed E-state index contributed by atoms with van der Waals surface area (Å²) >= 11 is 1.65. The van der Waals surface area contributed by atoms with Crippen LogP contribution in [0.25, 0.3) is 0 Å². The molecular formula is C34H43N5O3S. The smallest absolute Gasteiger partial charge is 0.186 e. The Morgan fingerprint density at radius 2 is 1.58 bits per heavy atom. The molecule has 1 aliphatic heterocycles. The van der Waals surface area contributed by atoms with Gasteiger partial charge in [0.05, 0.1) is 26.0 Å². The average molecular weight is 602 g/mol. The number of hydrogen-bond acceptors (Lipinski definition) is 9. The number of piperazine rings is 1. The molecule has 0 unspecified atom stereocenters. The molecule has 1 aromatic heterocycles. The lowest BCUT2D eigenvalue weighted by Crippen LogP contribution is -2.44. The van der Waals surface area contributed by atoms with Gasteiger partial charge in [-0.2, -0.15) is 0 Å². The van der Waals surface area contributed by atoms with Gasteiger partial charge in [-0.05, 0) is 54.6 Å². The van der Waals surface area contributed by atoms with Crippen molar-refractivity contribution in [2.75, 3.05) is 82.3 Å². The monoisotopic (exact) mass is 601 g/mol. The lowest BCUT2D eigenvalue weighted by atomic mass is 10.1. The molecule has 0 saturated carbocycles. The van der Waals surface area contributed by atoms with E-state index in [4.69, 9.17) is 19.2 Å². The van der Waals surface area contributed by atoms with Gasteiger partial charge in [0.25, 0.3) is 0 Å². The summed E-state index contributed by atoms with van der Waals surface area (Å²) in [7, 11) is 7.94. The number of hydrogen-bond donors (Lipinski definition) is 0. The van der Waals surface area contributed by atoms with Crippen LogP contribution in [-0.4, -0.2) is 77.5 Å². The second kappa shape index (κ2) is 15.1. The third-order valence-corrected chi connectivity index (χ3v) is 8.53. The Balaban J connectivity index is 1.20. The standard InChI is InChI=1S/C34H43N5O3S/c1-36(2)31-8-6-10-33(22-31)42-20-19-41-25-29-26-43-34(35-29)39(24-28-7-5-9-32(21-28)40-4)23-27-11-13-30(14-12-27)38-17-15-37(3)16-18-38/h5-14,21-22,26H,15-20,23-25H2,1-4H3. The van der Waals surface area contributed by atoms with Crippen molar-refractivity contribution >= 4 is 27.8 Å². The Morgan fingerprint density at radius 3 is 2.35 bits per heavy atom. The number of likely N-dealkylation sites (N-methyl/N-ethyl adjacent to an activating group) is 1. The molecule has 43 heavy (non-hydrogen) atoms. The maximum absolute atomic E-state index is 5.92. The zero-order chi connectivity index (χ0) is 30.0. The predicted octanol–water partition coefficient (Wildman–Crippen LogP) is 5.77. The van der Waals surface area contributed by atoms with Gasteiger partial charge in [0.1, 0.15) is 18.1 Å². The summed E-state index contributed by atoms with van der Waals surface area (Å²) in [6, 6.07) is 25.3. The largest absolute Gasteiger partial charge is 0.497 e. The third kappa shape index (κ3) is 8.86. The fraction of sp³-hybridized carbons (Fsp3) is 0.382. The van der Waals surface area contributed by atoms with Crippen LogP contribution in [0.15, 0.2) is 78.2 Å². The van der Waals surface area contributed by atoms with Crippen molar-refractivity contribution in [3.05, 3.63) is 95.0 Å². The van der Waals surface area contributed by atoms with Crippen LogP contribution < -0.4 is 24.2 Å². The van der Waals surface area contributed by atoms with Gasteiger partial charge in [0.15, 0.2) is 5.13 Å². The molecule has 228 valence electrons. The van der Waals surface area contributed by atoms with Crippen LogP contribution in [0.3, 0.4) is 0 Å². The number of nitrogens with zero attached hydrogens (tertiary/aromatic N) is 5. The van der Waals surface area contributed by atoms with Gasteiger partial charge in [-0.1, -0.05) is 30.3 Å². The van der Waals surface area contributed by atoms with E-state index in [-0.39, 0.29) is 0 Å². The van der Waals surface area contributed by atoms with Crippen LogP contribution in [-0.2, 0) is 24.4 Å². The first-order valence-corrected chi connectivity index (χ1v) is 15.7. The first-order chi connectivity index (χ1) is 21.0. The molecule has 5 rings (SSSR count). The molecule has 0 amide bonds. The molecule has 0 radical (unpaired) electrons. The molecular weight excluding hydrogens is 558 g/mol. The van der Waals surface area contributed by atoms with Crippen molar-refractivity contribution in [2.24, 2.45) is 0 Å². The highest BCUT2D eigenvalue weighted by Crippen LogP contribution is 2.27. The molecule has 0 atom stereocenters. The summed E-state index contributed by atoms with van der Waals surface area (Å²) in [4.78, 5) is 14.2. The summed E-state index contributed by atoms with van der Waals surface area (Å²) in [5, 5.41) is 3.06. The van der Waals surface area contributed by atoms with Crippen LogP contribution in [0.1, 0.15) is 16.8 Å². The lowest BCUT2D eigenvalue weighted by Gasteiger charge is -2.34. The minimum atomic E-state index is 0.449. The van der Waals surface area contributed by atoms with E-state index < -0.39 is 0 Å². The SMILES string of the molecule is COc1cccc(CN(Cc2ccc(N3CCN(C)CC3)cc2)c2nc(COCCOc3cccc(N(C)C)c3)cs2)c1. The van der Waals surface area contributed by atoms with E-state index in [1.54, 1.807) is 18.4 Å². The van der Waals surface area contributed by atoms with Crippen molar-refractivity contribution in [3.8, 4) is 11.5 Å². The van der Waals surface area contributed by atoms with Crippen LogP contribution in [0.2, 0.25) is 0 Å². The van der Waals surface area contributed by atoms with Gasteiger partial charge >= 0.3 is 0 Å². The fourth-order valence-electron chi connectivity index (χ4n) is 5.03. The third-order valence-electron chi connectivity index (χ3n) is 7.58. The molecule has 9 heteroatoms. The molecule has 0 spiro atoms. The normalized spacial score (nSPS) is 13.6. The molecule has 4 aromatic rings. The Morgan fingerprint density at radius 1 is 0.837 bits per heavy atom. The van der Waals surface area contributed by atoms with Crippen molar-refractivity contribution in [1.82, 2.24) is 9.88 Å². The van der Waals surface area contributed by atoms with E-state index in [1.165, 1.54) is 16.8 Å². The van der Waals surface area contributed by atoms with Gasteiger partial charge in [0.2, 0.25) is 0 Å². The fourth-order valence-corrected chi connectivity index (χ4v) is 5.84. The number of methoxy groups -OCH3 is 1. The van der Waals surface area contributed by atoms with Crippen molar-refractivity contribution in [3.63, 3.8) is 0 Å². The molecule has 1 aliphatic rings. The first kappa shape index (κ1) is 30.7. The highest BCUT2D eigenvalue weighted by atomic mass is 32.1. The van der Waals surface area contributed by atoms with E-state index in [0.717, 1.165) is 67.3 Å². The molecule has 0 aliphatic carbocycles. The maximum atomic E-state index is 5.92. The van der Waals surface area contributed by atoms with Crippen LogP contribution in [0, 0.1) is 0 Å². The molecule has 8 nitrogen and oxygen atoms in total. The van der Waals surface area contributed by atoms with Gasteiger partial charge < -0.3 is 33.8 Å². The summed E-state index contributed by atoms with van der Waals surface area (Å²) in [6.45, 7) is 7.25. The minimum absolute atomic E-state index is 0.449. The Kier molecular flexibility index (Phi) is 10.8. The van der Waals surface area contributed by atoms with Gasteiger partial charge in [-0.3, -0.25) is 0 Å². The Hall–Kier alpha value is -3.79. The van der Waals surface area contributed by atoms with Crippen LogP contribution in [0.4, 0.5) is 16.5 Å². The van der Waals surface area contributed by atoms with E-state index in [2.05, 4.69) is 74.5 Å². The summed E-state index contributed by atoms with van der Waals surface area (Å²) in [5.41, 5.74) is 5.76. The topological polar surface area (TPSA) is 53.5 Å². The molecule has 3 aromatic carbocycles. The quantitative estimate of drug-likeness (QED) is 0.169. The number of thiazole rings is 1. The van der Waals surface area contributed by atoms with Crippen LogP contribution >= 0.6 is 11.3 Å². The molecule has 0 bridgehead atoms.